The minimum absolute atomic E-state index is 0.0914. The molecule has 3 aromatic rings. The van der Waals surface area contributed by atoms with Crippen molar-refractivity contribution < 1.29 is 19.2 Å². The summed E-state index contributed by atoms with van der Waals surface area (Å²) in [6.07, 6.45) is -0.577. The van der Waals surface area contributed by atoms with Gasteiger partial charge in [-0.1, -0.05) is 43.3 Å². The van der Waals surface area contributed by atoms with Crippen molar-refractivity contribution in [3.8, 4) is 10.4 Å². The number of carbonyl (C=O) groups excluding carboxylic acids is 2. The second kappa shape index (κ2) is 12.3. The Kier molecular flexibility index (Phi) is 8.77. The Bertz CT molecular complexity index is 1350. The van der Waals surface area contributed by atoms with E-state index < -0.39 is 18.1 Å². The molecule has 11 heteroatoms. The van der Waals surface area contributed by atoms with E-state index in [1.165, 1.54) is 4.90 Å². The number of benzene rings is 1. The number of nitrogens with zero attached hydrogens (tertiary/aromatic N) is 4. The SMILES string of the molecule is Cc1ncsc1-c1ccc([C@H](C)NC(=O)[C@@H]2C[C@@H](O)CN2C(=O)[C@H](c2cc(N3CCN[C@H](C)C3)no2)C(C)C)cc1. The summed E-state index contributed by atoms with van der Waals surface area (Å²) in [7, 11) is 0. The number of anilines is 1. The van der Waals surface area contributed by atoms with Crippen LogP contribution in [0.5, 0.6) is 0 Å². The third-order valence-electron chi connectivity index (χ3n) is 8.09. The number of rotatable bonds is 8. The number of aliphatic hydroxyl groups is 1. The van der Waals surface area contributed by atoms with Crippen LogP contribution in [0.15, 0.2) is 40.4 Å². The molecule has 5 atom stereocenters. The van der Waals surface area contributed by atoms with Gasteiger partial charge < -0.3 is 30.1 Å². The molecule has 10 nitrogen and oxygen atoms in total. The second-order valence-electron chi connectivity index (χ2n) is 11.6. The minimum Gasteiger partial charge on any atom is -0.391 e. The normalized spacial score (nSPS) is 22.7. The van der Waals surface area contributed by atoms with Crippen molar-refractivity contribution >= 4 is 29.0 Å². The molecule has 2 saturated heterocycles. The highest BCUT2D eigenvalue weighted by atomic mass is 32.1. The molecule has 41 heavy (non-hydrogen) atoms. The lowest BCUT2D eigenvalue weighted by Gasteiger charge is -2.31. The summed E-state index contributed by atoms with van der Waals surface area (Å²) in [5.74, 6) is -0.0155. The monoisotopic (exact) mass is 580 g/mol. The number of amides is 2. The molecule has 0 saturated carbocycles. The quantitative estimate of drug-likeness (QED) is 0.370. The molecule has 0 aliphatic carbocycles. The molecular formula is C30H40N6O4S. The molecule has 3 N–H and O–H groups in total. The zero-order valence-corrected chi connectivity index (χ0v) is 25.1. The zero-order chi connectivity index (χ0) is 29.3. The Morgan fingerprint density at radius 2 is 1.95 bits per heavy atom. The van der Waals surface area contributed by atoms with Crippen LogP contribution in [0.3, 0.4) is 0 Å². The molecule has 1 aromatic carbocycles. The third kappa shape index (κ3) is 6.32. The number of likely N-dealkylation sites (tertiary alicyclic amines) is 1. The van der Waals surface area contributed by atoms with Gasteiger partial charge in [0.1, 0.15) is 12.0 Å². The topological polar surface area (TPSA) is 124 Å². The van der Waals surface area contributed by atoms with Crippen molar-refractivity contribution in [3.05, 3.63) is 52.9 Å². The largest absolute Gasteiger partial charge is 0.391 e. The fraction of sp³-hybridized carbons (Fsp3) is 0.533. The van der Waals surface area contributed by atoms with E-state index in [1.807, 2.05) is 63.5 Å². The summed E-state index contributed by atoms with van der Waals surface area (Å²) >= 11 is 1.60. The van der Waals surface area contributed by atoms with Gasteiger partial charge in [0.15, 0.2) is 11.6 Å². The summed E-state index contributed by atoms with van der Waals surface area (Å²) in [6.45, 7) is 12.5. The number of β-amino-alcohol motifs (C(OH)–C–C–N with tert-alkyl or cyclic N) is 1. The summed E-state index contributed by atoms with van der Waals surface area (Å²) in [4.78, 5) is 36.5. The summed E-state index contributed by atoms with van der Waals surface area (Å²) in [5.41, 5.74) is 4.87. The molecule has 220 valence electrons. The Balaban J connectivity index is 1.28. The van der Waals surface area contributed by atoms with Crippen LogP contribution < -0.4 is 15.5 Å². The average molecular weight is 581 g/mol. The Morgan fingerprint density at radius 3 is 2.61 bits per heavy atom. The smallest absolute Gasteiger partial charge is 0.243 e. The van der Waals surface area contributed by atoms with E-state index in [-0.39, 0.29) is 36.7 Å². The number of aliphatic hydroxyl groups excluding tert-OH is 1. The number of aryl methyl sites for hydroxylation is 1. The number of aromatic nitrogens is 2. The fourth-order valence-corrected chi connectivity index (χ4v) is 6.64. The van der Waals surface area contributed by atoms with E-state index in [1.54, 1.807) is 11.3 Å². The van der Waals surface area contributed by atoms with Crippen LogP contribution in [0.1, 0.15) is 63.1 Å². The highest BCUT2D eigenvalue weighted by Gasteiger charge is 2.43. The number of thiazole rings is 1. The van der Waals surface area contributed by atoms with E-state index in [9.17, 15) is 14.7 Å². The van der Waals surface area contributed by atoms with Crippen LogP contribution in [-0.2, 0) is 9.59 Å². The van der Waals surface area contributed by atoms with Crippen LogP contribution >= 0.6 is 11.3 Å². The molecule has 2 aliphatic heterocycles. The molecule has 2 aliphatic rings. The molecule has 2 aromatic heterocycles. The van der Waals surface area contributed by atoms with E-state index in [0.29, 0.717) is 17.6 Å². The van der Waals surface area contributed by atoms with E-state index in [2.05, 4.69) is 32.6 Å². The van der Waals surface area contributed by atoms with Gasteiger partial charge in [-0.05, 0) is 37.8 Å². The van der Waals surface area contributed by atoms with E-state index >= 15 is 0 Å². The minimum atomic E-state index is -0.771. The molecule has 5 rings (SSSR count). The van der Waals surface area contributed by atoms with Crippen LogP contribution in [0.25, 0.3) is 10.4 Å². The van der Waals surface area contributed by atoms with E-state index in [4.69, 9.17) is 4.52 Å². The van der Waals surface area contributed by atoms with Crippen LogP contribution in [-0.4, -0.2) is 76.3 Å². The van der Waals surface area contributed by atoms with Crippen molar-refractivity contribution in [2.75, 3.05) is 31.1 Å². The van der Waals surface area contributed by atoms with Gasteiger partial charge in [-0.25, -0.2) is 4.98 Å². The first-order valence-electron chi connectivity index (χ1n) is 14.4. The fourth-order valence-electron chi connectivity index (χ4n) is 5.83. The number of piperazine rings is 1. The standard InChI is InChI=1S/C30H40N6O4S/c1-17(2)27(25-13-26(34-40-25)35-11-10-31-18(3)14-35)30(39)36-15-23(37)12-24(36)29(38)33-19(4)21-6-8-22(9-7-21)28-20(5)32-16-41-28/h6-9,13,16-19,23-24,27,31,37H,10-12,14-15H2,1-5H3,(H,33,38)/t18-,19+,23-,24+,27+/m1/s1. The molecule has 2 fully saturated rings. The Hall–Kier alpha value is -3.28. The van der Waals surface area contributed by atoms with E-state index in [0.717, 1.165) is 41.3 Å². The predicted octanol–water partition coefficient (Wildman–Crippen LogP) is 3.48. The lowest BCUT2D eigenvalue weighted by molar-refractivity contribution is -0.141. The molecule has 4 heterocycles. The lowest BCUT2D eigenvalue weighted by atomic mass is 9.91. The highest BCUT2D eigenvalue weighted by molar-refractivity contribution is 7.13. The molecular weight excluding hydrogens is 540 g/mol. The number of nitrogens with one attached hydrogen (secondary N) is 2. The molecule has 0 unspecified atom stereocenters. The lowest BCUT2D eigenvalue weighted by Crippen LogP contribution is -2.49. The second-order valence-corrected chi connectivity index (χ2v) is 12.5. The number of hydrogen-bond donors (Lipinski definition) is 3. The van der Waals surface area contributed by atoms with Crippen molar-refractivity contribution in [2.45, 2.75) is 71.2 Å². The maximum Gasteiger partial charge on any atom is 0.243 e. The zero-order valence-electron chi connectivity index (χ0n) is 24.3. The number of hydrogen-bond acceptors (Lipinski definition) is 9. The molecule has 0 radical (unpaired) electrons. The van der Waals surface area contributed by atoms with Gasteiger partial charge in [0.05, 0.1) is 28.2 Å². The first kappa shape index (κ1) is 29.2. The maximum absolute atomic E-state index is 13.9. The first-order chi connectivity index (χ1) is 19.6. The highest BCUT2D eigenvalue weighted by Crippen LogP contribution is 2.33. The Labute approximate surface area is 245 Å². The summed E-state index contributed by atoms with van der Waals surface area (Å²) < 4.78 is 5.72. The van der Waals surface area contributed by atoms with Crippen LogP contribution in [0.4, 0.5) is 5.82 Å². The van der Waals surface area contributed by atoms with Crippen molar-refractivity contribution in [2.24, 2.45) is 5.92 Å². The third-order valence-corrected chi connectivity index (χ3v) is 9.07. The van der Waals surface area contributed by atoms with Gasteiger partial charge >= 0.3 is 0 Å². The van der Waals surface area contributed by atoms with Crippen molar-refractivity contribution in [1.82, 2.24) is 25.7 Å². The predicted molar refractivity (Wildman–Crippen MR) is 159 cm³/mol. The van der Waals surface area contributed by atoms with Gasteiger partial charge in [0.25, 0.3) is 0 Å². The summed E-state index contributed by atoms with van der Waals surface area (Å²) in [5, 5.41) is 21.3. The van der Waals surface area contributed by atoms with Crippen molar-refractivity contribution in [1.29, 1.82) is 0 Å². The molecule has 2 amide bonds. The maximum atomic E-state index is 13.9. The summed E-state index contributed by atoms with van der Waals surface area (Å²) in [6, 6.07) is 9.22. The first-order valence-corrected chi connectivity index (χ1v) is 15.2. The van der Waals surface area contributed by atoms with Gasteiger partial charge in [-0.2, -0.15) is 0 Å². The Morgan fingerprint density at radius 1 is 1.20 bits per heavy atom. The van der Waals surface area contributed by atoms with Crippen molar-refractivity contribution in [3.63, 3.8) is 0 Å². The van der Waals surface area contributed by atoms with Gasteiger partial charge in [0.2, 0.25) is 11.8 Å². The number of carbonyl (C=O) groups is 2. The van der Waals surface area contributed by atoms with Crippen LogP contribution in [0, 0.1) is 12.8 Å². The van der Waals surface area contributed by atoms with Gasteiger partial charge in [-0.15, -0.1) is 11.3 Å². The average Bonchev–Trinajstić information content (AvgIpc) is 3.69. The van der Waals surface area contributed by atoms with Crippen LogP contribution in [0.2, 0.25) is 0 Å². The molecule has 0 spiro atoms. The molecule has 0 bridgehead atoms. The van der Waals surface area contributed by atoms with Gasteiger partial charge in [0, 0.05) is 44.7 Å². The van der Waals surface area contributed by atoms with Gasteiger partial charge in [-0.3, -0.25) is 9.59 Å².